The molecule has 8 heteroatoms. The summed E-state index contributed by atoms with van der Waals surface area (Å²) in [6, 6.07) is 2.40. The van der Waals surface area contributed by atoms with Crippen molar-refractivity contribution in [3.8, 4) is 0 Å². The van der Waals surface area contributed by atoms with Crippen LogP contribution in [0.25, 0.3) is 0 Å². The fourth-order valence-electron chi connectivity index (χ4n) is 1.91. The Labute approximate surface area is 106 Å². The van der Waals surface area contributed by atoms with Gasteiger partial charge in [0.25, 0.3) is 0 Å². The van der Waals surface area contributed by atoms with Crippen LogP contribution in [0.5, 0.6) is 0 Å². The highest BCUT2D eigenvalue weighted by Gasteiger charge is 2.28. The van der Waals surface area contributed by atoms with Gasteiger partial charge < -0.3 is 0 Å². The van der Waals surface area contributed by atoms with Gasteiger partial charge in [-0.25, -0.2) is 21.6 Å². The van der Waals surface area contributed by atoms with Gasteiger partial charge in [-0.15, -0.1) is 0 Å². The van der Waals surface area contributed by atoms with E-state index in [9.17, 15) is 16.8 Å². The topological polar surface area (TPSA) is 93.2 Å². The van der Waals surface area contributed by atoms with Gasteiger partial charge in [0.15, 0.2) is 9.84 Å². The largest absolute Gasteiger partial charge is 0.263 e. The molecule has 0 amide bonds. The summed E-state index contributed by atoms with van der Waals surface area (Å²) in [7, 11) is -6.82. The summed E-state index contributed by atoms with van der Waals surface area (Å²) in [5.41, 5.74) is 0. The van der Waals surface area contributed by atoms with Gasteiger partial charge in [-0.2, -0.15) is 0 Å². The lowest BCUT2D eigenvalue weighted by molar-refractivity contribution is 0.517. The molecule has 100 valence electrons. The summed E-state index contributed by atoms with van der Waals surface area (Å²) in [4.78, 5) is 3.78. The third-order valence-corrected chi connectivity index (χ3v) is 6.06. The van der Waals surface area contributed by atoms with Crippen molar-refractivity contribution < 1.29 is 16.8 Å². The molecule has 0 saturated carbocycles. The number of nitrogens with one attached hydrogen (secondary N) is 1. The number of nitrogens with zero attached hydrogens (tertiary/aromatic N) is 1. The van der Waals surface area contributed by atoms with E-state index >= 15 is 0 Å². The minimum Gasteiger partial charge on any atom is -0.263 e. The Kier molecular flexibility index (Phi) is 3.69. The fraction of sp³-hybridized carbons (Fsp3) is 0.500. The minimum absolute atomic E-state index is 0.0490. The Hall–Kier alpha value is -0.990. The maximum absolute atomic E-state index is 12.0. The summed E-state index contributed by atoms with van der Waals surface area (Å²) in [6.07, 6.45) is 3.74. The first-order valence-corrected chi connectivity index (χ1v) is 8.82. The van der Waals surface area contributed by atoms with E-state index in [0.717, 1.165) is 0 Å². The summed E-state index contributed by atoms with van der Waals surface area (Å²) < 4.78 is 49.2. The summed E-state index contributed by atoms with van der Waals surface area (Å²) >= 11 is 0. The van der Waals surface area contributed by atoms with Crippen molar-refractivity contribution in [3.63, 3.8) is 0 Å². The molecular weight excluding hydrogens is 276 g/mol. The van der Waals surface area contributed by atoms with Crippen LogP contribution in [-0.2, 0) is 19.9 Å². The molecule has 1 unspecified atom stereocenters. The van der Waals surface area contributed by atoms with Gasteiger partial charge in [0.1, 0.15) is 4.90 Å². The van der Waals surface area contributed by atoms with E-state index in [-0.39, 0.29) is 16.4 Å². The maximum Gasteiger partial charge on any atom is 0.242 e. The zero-order chi connectivity index (χ0) is 13.2. The number of rotatable bonds is 3. The van der Waals surface area contributed by atoms with E-state index in [2.05, 4.69) is 9.71 Å². The molecule has 1 aromatic rings. The van der Waals surface area contributed by atoms with Crippen molar-refractivity contribution >= 4 is 19.9 Å². The van der Waals surface area contributed by atoms with Crippen LogP contribution in [0, 0.1) is 0 Å². The highest BCUT2D eigenvalue weighted by atomic mass is 32.2. The van der Waals surface area contributed by atoms with Gasteiger partial charge in [0.2, 0.25) is 10.0 Å². The number of aromatic nitrogens is 1. The molecule has 1 saturated heterocycles. The molecule has 0 spiro atoms. The Morgan fingerprint density at radius 1 is 1.39 bits per heavy atom. The molecule has 1 aromatic heterocycles. The molecule has 18 heavy (non-hydrogen) atoms. The third-order valence-electron chi connectivity index (χ3n) is 2.73. The first-order chi connectivity index (χ1) is 8.39. The van der Waals surface area contributed by atoms with Crippen LogP contribution in [-0.4, -0.2) is 39.4 Å². The molecule has 0 aliphatic carbocycles. The molecule has 2 heterocycles. The van der Waals surface area contributed by atoms with Crippen molar-refractivity contribution in [2.24, 2.45) is 0 Å². The van der Waals surface area contributed by atoms with Crippen molar-refractivity contribution in [2.45, 2.75) is 23.8 Å². The smallest absolute Gasteiger partial charge is 0.242 e. The average Bonchev–Trinajstić information content (AvgIpc) is 2.28. The molecule has 1 aliphatic heterocycles. The van der Waals surface area contributed by atoms with E-state index in [1.807, 2.05) is 0 Å². The van der Waals surface area contributed by atoms with Crippen LogP contribution >= 0.6 is 0 Å². The van der Waals surface area contributed by atoms with Crippen molar-refractivity contribution in [3.05, 3.63) is 24.5 Å². The molecule has 1 aliphatic rings. The van der Waals surface area contributed by atoms with Crippen LogP contribution in [0.2, 0.25) is 0 Å². The van der Waals surface area contributed by atoms with E-state index < -0.39 is 25.9 Å². The average molecular weight is 290 g/mol. The van der Waals surface area contributed by atoms with Crippen molar-refractivity contribution in [2.75, 3.05) is 11.5 Å². The van der Waals surface area contributed by atoms with E-state index in [1.165, 1.54) is 24.5 Å². The van der Waals surface area contributed by atoms with Crippen LogP contribution in [0.1, 0.15) is 12.8 Å². The van der Waals surface area contributed by atoms with Crippen LogP contribution in [0.3, 0.4) is 0 Å². The predicted molar refractivity (Wildman–Crippen MR) is 66.2 cm³/mol. The monoisotopic (exact) mass is 290 g/mol. The highest BCUT2D eigenvalue weighted by Crippen LogP contribution is 2.15. The van der Waals surface area contributed by atoms with Crippen LogP contribution < -0.4 is 4.72 Å². The number of sulfonamides is 1. The SMILES string of the molecule is O=S1(=O)CCCC(NS(=O)(=O)c2cccnc2)C1. The van der Waals surface area contributed by atoms with Gasteiger partial charge in [0, 0.05) is 18.4 Å². The molecule has 2 rings (SSSR count). The second kappa shape index (κ2) is 4.94. The molecular formula is C10H14N2O4S2. The van der Waals surface area contributed by atoms with E-state index in [1.54, 1.807) is 0 Å². The normalized spacial score (nSPS) is 23.7. The van der Waals surface area contributed by atoms with Crippen molar-refractivity contribution in [1.82, 2.24) is 9.71 Å². The number of pyridine rings is 1. The minimum atomic E-state index is -3.69. The number of hydrogen-bond acceptors (Lipinski definition) is 5. The third kappa shape index (κ3) is 3.27. The highest BCUT2D eigenvalue weighted by molar-refractivity contribution is 7.91. The molecule has 1 N–H and O–H groups in total. The van der Waals surface area contributed by atoms with Gasteiger partial charge >= 0.3 is 0 Å². The fourth-order valence-corrected chi connectivity index (χ4v) is 4.88. The Bertz CT molecular complexity index is 611. The Balaban J connectivity index is 2.14. The van der Waals surface area contributed by atoms with Gasteiger partial charge in [-0.05, 0) is 25.0 Å². The van der Waals surface area contributed by atoms with Crippen molar-refractivity contribution in [1.29, 1.82) is 0 Å². The molecule has 1 fully saturated rings. The standard InChI is InChI=1S/C10H14N2O4S2/c13-17(14)6-2-3-9(8-17)12-18(15,16)10-4-1-5-11-7-10/h1,4-5,7,9,12H,2-3,6,8H2. The lowest BCUT2D eigenvalue weighted by atomic mass is 10.2. The van der Waals surface area contributed by atoms with E-state index in [4.69, 9.17) is 0 Å². The second-order valence-electron chi connectivity index (χ2n) is 4.26. The molecule has 0 aromatic carbocycles. The van der Waals surface area contributed by atoms with Gasteiger partial charge in [0.05, 0.1) is 11.5 Å². The molecule has 1 atom stereocenters. The zero-order valence-electron chi connectivity index (χ0n) is 9.61. The molecule has 0 radical (unpaired) electrons. The predicted octanol–water partition coefficient (Wildman–Crippen LogP) is -0.0629. The molecule has 0 bridgehead atoms. The molecule has 6 nitrogen and oxygen atoms in total. The van der Waals surface area contributed by atoms with Gasteiger partial charge in [-0.3, -0.25) is 4.98 Å². The lowest BCUT2D eigenvalue weighted by Crippen LogP contribution is -2.43. The summed E-state index contributed by atoms with van der Waals surface area (Å²) in [5.74, 6) is 0.00458. The first-order valence-electron chi connectivity index (χ1n) is 5.52. The maximum atomic E-state index is 12.0. The Morgan fingerprint density at radius 3 is 2.78 bits per heavy atom. The van der Waals surface area contributed by atoms with Crippen LogP contribution in [0.15, 0.2) is 29.4 Å². The number of sulfone groups is 1. The quantitative estimate of drug-likeness (QED) is 0.841. The van der Waals surface area contributed by atoms with Gasteiger partial charge in [-0.1, -0.05) is 0 Å². The number of hydrogen-bond donors (Lipinski definition) is 1. The second-order valence-corrected chi connectivity index (χ2v) is 8.21. The lowest BCUT2D eigenvalue weighted by Gasteiger charge is -2.22. The summed E-state index contributed by atoms with van der Waals surface area (Å²) in [5, 5.41) is 0. The first kappa shape index (κ1) is 13.4. The Morgan fingerprint density at radius 2 is 2.17 bits per heavy atom. The van der Waals surface area contributed by atoms with E-state index in [0.29, 0.717) is 12.8 Å². The van der Waals surface area contributed by atoms with Crippen LogP contribution in [0.4, 0.5) is 0 Å². The zero-order valence-corrected chi connectivity index (χ0v) is 11.2. The summed E-state index contributed by atoms with van der Waals surface area (Å²) in [6.45, 7) is 0.